The van der Waals surface area contributed by atoms with Crippen LogP contribution in [0.15, 0.2) is 24.3 Å². The summed E-state index contributed by atoms with van der Waals surface area (Å²) in [7, 11) is 1.92. The quantitative estimate of drug-likeness (QED) is 0.727. The van der Waals surface area contributed by atoms with Crippen LogP contribution in [0.3, 0.4) is 0 Å². The zero-order chi connectivity index (χ0) is 10.1. The van der Waals surface area contributed by atoms with Crippen molar-refractivity contribution in [2.75, 3.05) is 12.4 Å². The van der Waals surface area contributed by atoms with Gasteiger partial charge < -0.3 is 5.32 Å². The van der Waals surface area contributed by atoms with E-state index in [-0.39, 0.29) is 0 Å². The van der Waals surface area contributed by atoms with Gasteiger partial charge in [-0.15, -0.1) is 0 Å². The number of aryl methyl sites for hydroxylation is 1. The molecule has 1 heteroatoms. The molecule has 0 amide bonds. The first-order valence-electron chi connectivity index (χ1n) is 4.99. The number of rotatable bonds is 2. The first-order chi connectivity index (χ1) is 6.24. The van der Waals surface area contributed by atoms with Crippen molar-refractivity contribution in [1.82, 2.24) is 0 Å². The van der Waals surface area contributed by atoms with Crippen LogP contribution in [0.25, 0.3) is 0 Å². The van der Waals surface area contributed by atoms with Gasteiger partial charge in [-0.2, -0.15) is 0 Å². The zero-order valence-electron chi connectivity index (χ0n) is 9.22. The molecule has 0 saturated carbocycles. The second-order valence-electron chi connectivity index (χ2n) is 3.12. The van der Waals surface area contributed by atoms with Crippen LogP contribution < -0.4 is 5.32 Å². The molecule has 1 aromatic rings. The second-order valence-corrected chi connectivity index (χ2v) is 3.12. The Kier molecular flexibility index (Phi) is 7.08. The SMILES string of the molecule is CCCC.CNc1ccc(C)cc1. The molecule has 0 spiro atoms. The Bertz CT molecular complexity index is 199. The van der Waals surface area contributed by atoms with Crippen molar-refractivity contribution in [1.29, 1.82) is 0 Å². The van der Waals surface area contributed by atoms with Crippen LogP contribution in [-0.4, -0.2) is 7.05 Å². The monoisotopic (exact) mass is 179 g/mol. The predicted molar refractivity (Wildman–Crippen MR) is 61.3 cm³/mol. The molecule has 0 atom stereocenters. The minimum atomic E-state index is 1.17. The van der Waals surface area contributed by atoms with Gasteiger partial charge in [0.15, 0.2) is 0 Å². The average molecular weight is 179 g/mol. The lowest BCUT2D eigenvalue weighted by molar-refractivity contribution is 0.886. The highest BCUT2D eigenvalue weighted by Crippen LogP contribution is 2.06. The summed E-state index contributed by atoms with van der Waals surface area (Å²) in [6.45, 7) is 6.44. The first kappa shape index (κ1) is 12.0. The van der Waals surface area contributed by atoms with Crippen molar-refractivity contribution < 1.29 is 0 Å². The molecule has 13 heavy (non-hydrogen) atoms. The van der Waals surface area contributed by atoms with Crippen molar-refractivity contribution in [2.24, 2.45) is 0 Å². The van der Waals surface area contributed by atoms with Gasteiger partial charge in [-0.1, -0.05) is 44.4 Å². The Balaban J connectivity index is 0.000000310. The Morgan fingerprint density at radius 2 is 1.46 bits per heavy atom. The maximum absolute atomic E-state index is 3.05. The van der Waals surface area contributed by atoms with E-state index in [1.165, 1.54) is 24.1 Å². The molecule has 0 aliphatic rings. The van der Waals surface area contributed by atoms with Gasteiger partial charge in [-0.25, -0.2) is 0 Å². The third kappa shape index (κ3) is 6.21. The first-order valence-corrected chi connectivity index (χ1v) is 4.99. The van der Waals surface area contributed by atoms with Crippen LogP contribution in [0.4, 0.5) is 5.69 Å². The van der Waals surface area contributed by atoms with E-state index in [1.807, 2.05) is 7.05 Å². The fourth-order valence-electron chi connectivity index (χ4n) is 0.720. The van der Waals surface area contributed by atoms with Gasteiger partial charge in [0.2, 0.25) is 0 Å². The van der Waals surface area contributed by atoms with Crippen molar-refractivity contribution in [3.05, 3.63) is 29.8 Å². The lowest BCUT2D eigenvalue weighted by atomic mass is 10.2. The van der Waals surface area contributed by atoms with Crippen LogP contribution in [-0.2, 0) is 0 Å². The topological polar surface area (TPSA) is 12.0 Å². The lowest BCUT2D eigenvalue weighted by Gasteiger charge is -1.97. The normalized spacial score (nSPS) is 8.62. The second kappa shape index (κ2) is 7.66. The largest absolute Gasteiger partial charge is 0.388 e. The van der Waals surface area contributed by atoms with Gasteiger partial charge in [-0.05, 0) is 19.1 Å². The number of unbranched alkanes of at least 4 members (excludes halogenated alkanes) is 1. The number of nitrogens with one attached hydrogen (secondary N) is 1. The summed E-state index contributed by atoms with van der Waals surface area (Å²) in [5.74, 6) is 0. The molecule has 74 valence electrons. The Morgan fingerprint density at radius 3 is 1.77 bits per heavy atom. The molecule has 0 saturated heterocycles. The standard InChI is InChI=1S/C8H11N.C4H10/c1-7-3-5-8(9-2)6-4-7;1-3-4-2/h3-6,9H,1-2H3;3-4H2,1-2H3. The summed E-state index contributed by atoms with van der Waals surface area (Å²) in [5.41, 5.74) is 2.47. The highest BCUT2D eigenvalue weighted by Gasteiger charge is 1.83. The van der Waals surface area contributed by atoms with Crippen LogP contribution >= 0.6 is 0 Å². The number of benzene rings is 1. The maximum atomic E-state index is 3.05. The highest BCUT2D eigenvalue weighted by molar-refractivity contribution is 5.43. The van der Waals surface area contributed by atoms with E-state index in [4.69, 9.17) is 0 Å². The summed E-state index contributed by atoms with van der Waals surface area (Å²) >= 11 is 0. The maximum Gasteiger partial charge on any atom is 0.0337 e. The van der Waals surface area contributed by atoms with Crippen LogP contribution in [0.1, 0.15) is 32.3 Å². The molecule has 1 N–H and O–H groups in total. The summed E-state index contributed by atoms with van der Waals surface area (Å²) in [4.78, 5) is 0. The number of anilines is 1. The lowest BCUT2D eigenvalue weighted by Crippen LogP contribution is -1.85. The van der Waals surface area contributed by atoms with Crippen LogP contribution in [0.5, 0.6) is 0 Å². The third-order valence-electron chi connectivity index (χ3n) is 1.84. The van der Waals surface area contributed by atoms with Crippen molar-refractivity contribution in [2.45, 2.75) is 33.6 Å². The molecular weight excluding hydrogens is 158 g/mol. The molecule has 0 heterocycles. The highest BCUT2D eigenvalue weighted by atomic mass is 14.8. The van der Waals surface area contributed by atoms with Crippen LogP contribution in [0.2, 0.25) is 0 Å². The molecule has 0 aliphatic carbocycles. The van der Waals surface area contributed by atoms with E-state index in [0.717, 1.165) is 0 Å². The van der Waals surface area contributed by atoms with E-state index in [0.29, 0.717) is 0 Å². The molecule has 0 unspecified atom stereocenters. The summed E-state index contributed by atoms with van der Waals surface area (Å²) in [6.07, 6.45) is 2.64. The smallest absolute Gasteiger partial charge is 0.0337 e. The fraction of sp³-hybridized carbons (Fsp3) is 0.500. The Hall–Kier alpha value is -0.980. The molecule has 1 rings (SSSR count). The third-order valence-corrected chi connectivity index (χ3v) is 1.84. The van der Waals surface area contributed by atoms with Gasteiger partial charge in [0.25, 0.3) is 0 Å². The molecular formula is C12H21N. The van der Waals surface area contributed by atoms with E-state index in [9.17, 15) is 0 Å². The summed E-state index contributed by atoms with van der Waals surface area (Å²) in [6, 6.07) is 8.31. The predicted octanol–water partition coefficient (Wildman–Crippen LogP) is 3.84. The van der Waals surface area contributed by atoms with Gasteiger partial charge >= 0.3 is 0 Å². The van der Waals surface area contributed by atoms with Crippen molar-refractivity contribution in [3.8, 4) is 0 Å². The molecule has 0 aromatic heterocycles. The van der Waals surface area contributed by atoms with E-state index >= 15 is 0 Å². The zero-order valence-corrected chi connectivity index (χ0v) is 9.22. The van der Waals surface area contributed by atoms with Gasteiger partial charge in [-0.3, -0.25) is 0 Å². The molecule has 0 aliphatic heterocycles. The van der Waals surface area contributed by atoms with Crippen molar-refractivity contribution >= 4 is 5.69 Å². The summed E-state index contributed by atoms with van der Waals surface area (Å²) < 4.78 is 0. The van der Waals surface area contributed by atoms with Crippen molar-refractivity contribution in [3.63, 3.8) is 0 Å². The van der Waals surface area contributed by atoms with E-state index in [2.05, 4.69) is 50.4 Å². The minimum absolute atomic E-state index is 1.17. The molecule has 0 radical (unpaired) electrons. The minimum Gasteiger partial charge on any atom is -0.388 e. The molecule has 1 nitrogen and oxygen atoms in total. The van der Waals surface area contributed by atoms with E-state index in [1.54, 1.807) is 0 Å². The molecule has 0 bridgehead atoms. The molecule has 0 fully saturated rings. The van der Waals surface area contributed by atoms with E-state index < -0.39 is 0 Å². The fourth-order valence-corrected chi connectivity index (χ4v) is 0.720. The summed E-state index contributed by atoms with van der Waals surface area (Å²) in [5, 5.41) is 3.05. The Morgan fingerprint density at radius 1 is 1.00 bits per heavy atom. The number of hydrogen-bond acceptors (Lipinski definition) is 1. The van der Waals surface area contributed by atoms with Crippen LogP contribution in [0, 0.1) is 6.92 Å². The van der Waals surface area contributed by atoms with Gasteiger partial charge in [0.1, 0.15) is 0 Å². The number of hydrogen-bond donors (Lipinski definition) is 1. The van der Waals surface area contributed by atoms with Gasteiger partial charge in [0, 0.05) is 12.7 Å². The average Bonchev–Trinajstić information content (AvgIpc) is 2.19. The Labute approximate surface area is 82.2 Å². The molecule has 1 aromatic carbocycles. The van der Waals surface area contributed by atoms with Gasteiger partial charge in [0.05, 0.1) is 0 Å².